The first kappa shape index (κ1) is 28.7. The Hall–Kier alpha value is -6.26. The summed E-state index contributed by atoms with van der Waals surface area (Å²) in [5.74, 6) is -1.16. The highest BCUT2D eigenvalue weighted by Crippen LogP contribution is 2.29. The molecular weight excluding hydrogens is 574 g/mol. The second-order valence-electron chi connectivity index (χ2n) is 7.74. The van der Waals surface area contributed by atoms with Gasteiger partial charge in [-0.15, -0.1) is 26.3 Å². The Morgan fingerprint density at radius 2 is 0.881 bits per heavy atom. The fraction of sp³-hybridized carbons (Fsp3) is 0.0769. The number of ether oxygens (including phenoxy) is 2. The molecule has 0 saturated carbocycles. The molecule has 4 rings (SSSR count). The van der Waals surface area contributed by atoms with Crippen LogP contribution in [0, 0.1) is 56.2 Å². The van der Waals surface area contributed by atoms with Crippen LogP contribution in [0.4, 0.5) is 26.3 Å². The molecule has 0 bridgehead atoms. The topological polar surface area (TPSA) is 166 Å². The van der Waals surface area contributed by atoms with E-state index < -0.39 is 46.5 Å². The molecule has 0 N–H and O–H groups in total. The predicted octanol–water partition coefficient (Wildman–Crippen LogP) is 4.48. The number of rotatable bonds is 4. The van der Waals surface area contributed by atoms with Crippen LogP contribution < -0.4 is 20.6 Å². The summed E-state index contributed by atoms with van der Waals surface area (Å²) in [5, 5.41) is 37.2. The molecule has 0 radical (unpaired) electrons. The lowest BCUT2D eigenvalue weighted by Crippen LogP contribution is -2.17. The van der Waals surface area contributed by atoms with Gasteiger partial charge in [0.25, 0.3) is 0 Å². The minimum absolute atomic E-state index is 0.0762. The van der Waals surface area contributed by atoms with Gasteiger partial charge in [-0.2, -0.15) is 21.0 Å². The van der Waals surface area contributed by atoms with Gasteiger partial charge in [0.2, 0.25) is 21.9 Å². The van der Waals surface area contributed by atoms with Crippen molar-refractivity contribution in [3.63, 3.8) is 0 Å². The van der Waals surface area contributed by atoms with Crippen molar-refractivity contribution in [1.82, 2.24) is 9.97 Å². The molecular formula is C26H8F6N6O4. The van der Waals surface area contributed by atoms with Crippen LogP contribution in [-0.2, 0) is 0 Å². The van der Waals surface area contributed by atoms with Gasteiger partial charge in [0, 0.05) is 11.1 Å². The van der Waals surface area contributed by atoms with Gasteiger partial charge in [0.15, 0.2) is 11.1 Å². The first-order valence-electron chi connectivity index (χ1n) is 10.9. The molecule has 0 saturated heterocycles. The van der Waals surface area contributed by atoms with Crippen molar-refractivity contribution in [3.05, 3.63) is 70.5 Å². The maximum Gasteiger partial charge on any atom is 0.573 e. The molecule has 4 aromatic rings. The smallest absolute Gasteiger partial charge is 0.431 e. The average Bonchev–Trinajstić information content (AvgIpc) is 3.55. The van der Waals surface area contributed by atoms with Crippen molar-refractivity contribution < 1.29 is 44.7 Å². The summed E-state index contributed by atoms with van der Waals surface area (Å²) in [5.41, 5.74) is -3.15. The quantitative estimate of drug-likeness (QED) is 0.313. The molecule has 0 aliphatic heterocycles. The summed E-state index contributed by atoms with van der Waals surface area (Å²) < 4.78 is 94.7. The maximum absolute atomic E-state index is 12.6. The summed E-state index contributed by atoms with van der Waals surface area (Å²) in [4.78, 5) is 8.21. The molecule has 208 valence electrons. The fourth-order valence-electron chi connectivity index (χ4n) is 3.42. The van der Waals surface area contributed by atoms with Gasteiger partial charge in [0.1, 0.15) is 47.2 Å². The summed E-state index contributed by atoms with van der Waals surface area (Å²) in [6.07, 6.45) is -9.95. The van der Waals surface area contributed by atoms with Crippen LogP contribution in [0.25, 0.3) is 33.7 Å². The zero-order chi connectivity index (χ0) is 30.7. The van der Waals surface area contributed by atoms with Crippen molar-refractivity contribution in [1.29, 1.82) is 21.0 Å². The first-order chi connectivity index (χ1) is 19.9. The second-order valence-corrected chi connectivity index (χ2v) is 7.74. The number of halogens is 6. The molecule has 0 aliphatic carbocycles. The van der Waals surface area contributed by atoms with Crippen molar-refractivity contribution >= 4 is 11.1 Å². The summed E-state index contributed by atoms with van der Waals surface area (Å²) >= 11 is 0. The van der Waals surface area contributed by atoms with E-state index in [1.807, 2.05) is 0 Å². The molecule has 0 fully saturated rings. The lowest BCUT2D eigenvalue weighted by atomic mass is 10.1. The Labute approximate surface area is 228 Å². The first-order valence-corrected chi connectivity index (χ1v) is 10.9. The summed E-state index contributed by atoms with van der Waals surface area (Å²) in [6, 6.07) is 14.7. The Morgan fingerprint density at radius 3 is 1.14 bits per heavy atom. The van der Waals surface area contributed by atoms with Crippen LogP contribution >= 0.6 is 0 Å². The Bertz CT molecular complexity index is 1870. The number of nitriles is 4. The van der Waals surface area contributed by atoms with Crippen LogP contribution in [0.2, 0.25) is 0 Å². The molecule has 0 aliphatic rings. The van der Waals surface area contributed by atoms with Crippen LogP contribution in [0.5, 0.6) is 11.5 Å². The molecule has 0 unspecified atom stereocenters. The third-order valence-corrected chi connectivity index (χ3v) is 5.06. The molecule has 10 nitrogen and oxygen atoms in total. The van der Waals surface area contributed by atoms with Crippen LogP contribution in [0.15, 0.2) is 57.4 Å². The Kier molecular flexibility index (Phi) is 7.58. The van der Waals surface area contributed by atoms with Gasteiger partial charge >= 0.3 is 12.7 Å². The number of alkyl halides is 6. The highest BCUT2D eigenvalue weighted by Gasteiger charge is 2.32. The number of hydrogen-bond donors (Lipinski definition) is 0. The monoisotopic (exact) mass is 582 g/mol. The molecule has 0 spiro atoms. The average molecular weight is 582 g/mol. The normalized spacial score (nSPS) is 11.9. The van der Waals surface area contributed by atoms with E-state index >= 15 is 0 Å². The van der Waals surface area contributed by atoms with Crippen molar-refractivity contribution in [2.45, 2.75) is 12.7 Å². The number of hydrogen-bond acceptors (Lipinski definition) is 10. The highest BCUT2D eigenvalue weighted by molar-refractivity contribution is 5.72. The van der Waals surface area contributed by atoms with E-state index in [9.17, 15) is 47.4 Å². The number of nitrogens with zero attached hydrogens (tertiary/aromatic N) is 6. The molecule has 0 amide bonds. The third-order valence-electron chi connectivity index (χ3n) is 5.06. The van der Waals surface area contributed by atoms with Crippen LogP contribution in [0.1, 0.15) is 0 Å². The van der Waals surface area contributed by atoms with E-state index in [2.05, 4.69) is 19.4 Å². The zero-order valence-corrected chi connectivity index (χ0v) is 20.2. The molecule has 16 heteroatoms. The number of oxazole rings is 2. The minimum atomic E-state index is -4.97. The van der Waals surface area contributed by atoms with Gasteiger partial charge in [0.05, 0.1) is 0 Å². The van der Waals surface area contributed by atoms with Gasteiger partial charge in [-0.3, -0.25) is 0 Å². The van der Waals surface area contributed by atoms with Crippen molar-refractivity contribution in [2.24, 2.45) is 0 Å². The van der Waals surface area contributed by atoms with E-state index in [-0.39, 0.29) is 33.3 Å². The van der Waals surface area contributed by atoms with Gasteiger partial charge in [-0.25, -0.2) is 9.97 Å². The Morgan fingerprint density at radius 1 is 0.571 bits per heavy atom. The van der Waals surface area contributed by atoms with Crippen molar-refractivity contribution in [2.75, 3.05) is 0 Å². The van der Waals surface area contributed by atoms with Crippen molar-refractivity contribution in [3.8, 4) is 58.3 Å². The second kappa shape index (κ2) is 11.1. The number of aromatic nitrogens is 2. The van der Waals surface area contributed by atoms with E-state index in [1.54, 1.807) is 24.3 Å². The van der Waals surface area contributed by atoms with E-state index in [1.165, 1.54) is 0 Å². The molecule has 0 atom stereocenters. The summed E-state index contributed by atoms with van der Waals surface area (Å²) in [6.45, 7) is 0. The van der Waals surface area contributed by atoms with Crippen LogP contribution in [-0.4, -0.2) is 22.7 Å². The minimum Gasteiger partial charge on any atom is -0.431 e. The maximum atomic E-state index is 12.6. The SMILES string of the molecule is N#CC(C#N)=c1nc(-c2ccc(OC(F)(F)F)cc2)/c(=c2\oc(=C(C#N)C#N)nc2-c2ccc(OC(F)(F)F)cc2)o1. The fourth-order valence-corrected chi connectivity index (χ4v) is 3.42. The van der Waals surface area contributed by atoms with Crippen LogP contribution in [0.3, 0.4) is 0 Å². The zero-order valence-electron chi connectivity index (χ0n) is 20.2. The lowest BCUT2D eigenvalue weighted by molar-refractivity contribution is -0.275. The van der Waals surface area contributed by atoms with E-state index in [4.69, 9.17) is 8.83 Å². The van der Waals surface area contributed by atoms with Gasteiger partial charge in [-0.05, 0) is 48.5 Å². The Balaban J connectivity index is 2.10. The van der Waals surface area contributed by atoms with Gasteiger partial charge in [-0.1, -0.05) is 0 Å². The molecule has 42 heavy (non-hydrogen) atoms. The lowest BCUT2D eigenvalue weighted by Gasteiger charge is -2.08. The van der Waals surface area contributed by atoms with E-state index in [0.29, 0.717) is 0 Å². The standard InChI is InChI=1S/C26H8F6N6O4/c27-25(28,29)41-17-5-1-13(2-6-17)19-21(39-23(37-19)15(9-33)10-34)22-20(38-24(40-22)16(11-35)12-36)14-3-7-18(8-4-14)42-26(30,31)32/h1-8H/b22-21+. The molecule has 2 heterocycles. The van der Waals surface area contributed by atoms with Gasteiger partial charge < -0.3 is 18.3 Å². The molecule has 2 aromatic heterocycles. The largest absolute Gasteiger partial charge is 0.573 e. The number of benzene rings is 2. The van der Waals surface area contributed by atoms with E-state index in [0.717, 1.165) is 48.5 Å². The highest BCUT2D eigenvalue weighted by atomic mass is 19.4. The molecule has 2 aromatic carbocycles. The summed E-state index contributed by atoms with van der Waals surface area (Å²) in [7, 11) is 0. The third kappa shape index (κ3) is 6.30. The predicted molar refractivity (Wildman–Crippen MR) is 123 cm³/mol.